The summed E-state index contributed by atoms with van der Waals surface area (Å²) in [5.41, 5.74) is 0.460. The van der Waals surface area contributed by atoms with E-state index in [0.717, 1.165) is 0 Å². The molecule has 0 saturated carbocycles. The van der Waals surface area contributed by atoms with Crippen molar-refractivity contribution in [2.45, 2.75) is 6.10 Å². The minimum atomic E-state index is -0.608. The topological polar surface area (TPSA) is 78.2 Å². The van der Waals surface area contributed by atoms with E-state index >= 15 is 0 Å². The number of aliphatic hydroxyl groups excluding tert-OH is 1. The average molecular weight is 207 g/mol. The second kappa shape index (κ2) is 5.96. The Morgan fingerprint density at radius 2 is 2.53 bits per heavy atom. The molecule has 0 saturated heterocycles. The molecule has 0 radical (unpaired) electrons. The molecule has 1 rings (SSSR count). The Hall–Kier alpha value is -1.64. The van der Waals surface area contributed by atoms with Gasteiger partial charge in [-0.15, -0.1) is 0 Å². The van der Waals surface area contributed by atoms with Crippen LogP contribution in [0.15, 0.2) is 18.3 Å². The van der Waals surface area contributed by atoms with Crippen LogP contribution in [-0.4, -0.2) is 36.5 Å². The van der Waals surface area contributed by atoms with Gasteiger partial charge >= 0.3 is 0 Å². The van der Waals surface area contributed by atoms with Gasteiger partial charge in [0, 0.05) is 19.9 Å². The van der Waals surface area contributed by atoms with Gasteiger partial charge in [0.1, 0.15) is 11.9 Å². The summed E-state index contributed by atoms with van der Waals surface area (Å²) >= 11 is 0. The molecule has 1 aromatic heterocycles. The standard InChI is InChI=1S/C10H13N3O2/c1-15-7-9(14)6-13-10-8(5-11)3-2-4-12-10/h2-4,9,14H,6-7H2,1H3,(H,12,13). The van der Waals surface area contributed by atoms with E-state index in [2.05, 4.69) is 10.3 Å². The highest BCUT2D eigenvalue weighted by atomic mass is 16.5. The van der Waals surface area contributed by atoms with Gasteiger partial charge in [0.15, 0.2) is 0 Å². The molecule has 0 aliphatic carbocycles. The first-order chi connectivity index (χ1) is 7.27. The fraction of sp³-hybridized carbons (Fsp3) is 0.400. The Kier molecular flexibility index (Phi) is 4.54. The Labute approximate surface area is 88.3 Å². The maximum atomic E-state index is 9.38. The predicted octanol–water partition coefficient (Wildman–Crippen LogP) is 0.372. The number of aromatic nitrogens is 1. The number of anilines is 1. The fourth-order valence-electron chi connectivity index (χ4n) is 1.10. The van der Waals surface area contributed by atoms with E-state index in [4.69, 9.17) is 10.00 Å². The molecule has 1 atom stereocenters. The van der Waals surface area contributed by atoms with Gasteiger partial charge in [0.05, 0.1) is 18.3 Å². The lowest BCUT2D eigenvalue weighted by atomic mass is 10.2. The van der Waals surface area contributed by atoms with Crippen LogP contribution < -0.4 is 5.32 Å². The van der Waals surface area contributed by atoms with Crippen molar-refractivity contribution in [1.82, 2.24) is 4.98 Å². The Morgan fingerprint density at radius 1 is 1.73 bits per heavy atom. The lowest BCUT2D eigenvalue weighted by Crippen LogP contribution is -2.24. The minimum Gasteiger partial charge on any atom is -0.389 e. The number of nitrogens with zero attached hydrogens (tertiary/aromatic N) is 2. The molecule has 0 amide bonds. The van der Waals surface area contributed by atoms with Crippen LogP contribution in [0.25, 0.3) is 0 Å². The van der Waals surface area contributed by atoms with Crippen molar-refractivity contribution >= 4 is 5.82 Å². The second-order valence-electron chi connectivity index (χ2n) is 3.00. The summed E-state index contributed by atoms with van der Waals surface area (Å²) in [6.07, 6.45) is 0.981. The van der Waals surface area contributed by atoms with Crippen molar-refractivity contribution < 1.29 is 9.84 Å². The Balaban J connectivity index is 2.54. The van der Waals surface area contributed by atoms with Gasteiger partial charge in [-0.1, -0.05) is 0 Å². The number of nitrogens with one attached hydrogen (secondary N) is 1. The molecule has 2 N–H and O–H groups in total. The number of methoxy groups -OCH3 is 1. The zero-order valence-corrected chi connectivity index (χ0v) is 8.47. The zero-order valence-electron chi connectivity index (χ0n) is 8.47. The van der Waals surface area contributed by atoms with Crippen molar-refractivity contribution in [1.29, 1.82) is 5.26 Å². The predicted molar refractivity (Wildman–Crippen MR) is 55.3 cm³/mol. The first-order valence-electron chi connectivity index (χ1n) is 4.54. The van der Waals surface area contributed by atoms with Crippen molar-refractivity contribution in [3.63, 3.8) is 0 Å². The van der Waals surface area contributed by atoms with E-state index in [1.165, 1.54) is 7.11 Å². The zero-order chi connectivity index (χ0) is 11.1. The molecule has 80 valence electrons. The molecule has 0 fully saturated rings. The van der Waals surface area contributed by atoms with Crippen LogP contribution in [0, 0.1) is 11.3 Å². The summed E-state index contributed by atoms with van der Waals surface area (Å²) in [5, 5.41) is 21.0. The molecule has 0 aromatic carbocycles. The van der Waals surface area contributed by atoms with Gasteiger partial charge in [-0.05, 0) is 12.1 Å². The minimum absolute atomic E-state index is 0.252. The van der Waals surface area contributed by atoms with Gasteiger partial charge in [0.2, 0.25) is 0 Å². The van der Waals surface area contributed by atoms with Crippen LogP contribution in [0.3, 0.4) is 0 Å². The van der Waals surface area contributed by atoms with E-state index in [1.54, 1.807) is 18.3 Å². The maximum absolute atomic E-state index is 9.38. The SMILES string of the molecule is COCC(O)CNc1ncccc1C#N. The highest BCUT2D eigenvalue weighted by Gasteiger charge is 2.05. The van der Waals surface area contributed by atoms with Crippen LogP contribution >= 0.6 is 0 Å². The van der Waals surface area contributed by atoms with Gasteiger partial charge < -0.3 is 15.2 Å². The van der Waals surface area contributed by atoms with Crippen molar-refractivity contribution in [2.24, 2.45) is 0 Å². The van der Waals surface area contributed by atoms with E-state index in [1.807, 2.05) is 6.07 Å². The summed E-state index contributed by atoms with van der Waals surface area (Å²) in [6, 6.07) is 5.37. The molecule has 15 heavy (non-hydrogen) atoms. The van der Waals surface area contributed by atoms with Crippen LogP contribution in [0.1, 0.15) is 5.56 Å². The van der Waals surface area contributed by atoms with Crippen LogP contribution in [0.4, 0.5) is 5.82 Å². The summed E-state index contributed by atoms with van der Waals surface area (Å²) in [7, 11) is 1.52. The molecule has 0 aliphatic heterocycles. The molecular formula is C10H13N3O2. The third-order valence-corrected chi connectivity index (χ3v) is 1.79. The molecular weight excluding hydrogens is 194 g/mol. The largest absolute Gasteiger partial charge is 0.389 e. The number of rotatable bonds is 5. The van der Waals surface area contributed by atoms with Crippen LogP contribution in [-0.2, 0) is 4.74 Å². The van der Waals surface area contributed by atoms with E-state index in [-0.39, 0.29) is 6.61 Å². The second-order valence-corrected chi connectivity index (χ2v) is 3.00. The lowest BCUT2D eigenvalue weighted by molar-refractivity contribution is 0.0727. The van der Waals surface area contributed by atoms with Gasteiger partial charge in [-0.25, -0.2) is 4.98 Å². The number of aliphatic hydroxyl groups is 1. The van der Waals surface area contributed by atoms with Crippen LogP contribution in [0.5, 0.6) is 0 Å². The molecule has 1 unspecified atom stereocenters. The Morgan fingerprint density at radius 3 is 3.20 bits per heavy atom. The van der Waals surface area contributed by atoms with Crippen molar-refractivity contribution in [2.75, 3.05) is 25.6 Å². The molecule has 1 heterocycles. The number of nitriles is 1. The smallest absolute Gasteiger partial charge is 0.143 e. The van der Waals surface area contributed by atoms with E-state index in [9.17, 15) is 5.11 Å². The average Bonchev–Trinajstić information content (AvgIpc) is 2.27. The molecule has 0 spiro atoms. The molecule has 0 aliphatic rings. The highest BCUT2D eigenvalue weighted by molar-refractivity contribution is 5.51. The van der Waals surface area contributed by atoms with Gasteiger partial charge in [-0.2, -0.15) is 5.26 Å². The quantitative estimate of drug-likeness (QED) is 0.729. The summed E-state index contributed by atoms with van der Waals surface area (Å²) in [4.78, 5) is 4.00. The van der Waals surface area contributed by atoms with Crippen molar-refractivity contribution in [3.8, 4) is 6.07 Å². The number of hydrogen-bond acceptors (Lipinski definition) is 5. The maximum Gasteiger partial charge on any atom is 0.143 e. The molecule has 1 aromatic rings. The summed E-state index contributed by atoms with van der Waals surface area (Å²) < 4.78 is 4.77. The van der Waals surface area contributed by atoms with Crippen molar-refractivity contribution in [3.05, 3.63) is 23.9 Å². The highest BCUT2D eigenvalue weighted by Crippen LogP contribution is 2.09. The molecule has 0 bridgehead atoms. The normalized spacial score (nSPS) is 11.8. The molecule has 5 nitrogen and oxygen atoms in total. The fourth-order valence-corrected chi connectivity index (χ4v) is 1.10. The van der Waals surface area contributed by atoms with Gasteiger partial charge in [0.25, 0.3) is 0 Å². The number of ether oxygens (including phenoxy) is 1. The third kappa shape index (κ3) is 3.54. The van der Waals surface area contributed by atoms with Gasteiger partial charge in [-0.3, -0.25) is 0 Å². The first kappa shape index (κ1) is 11.4. The number of pyridine rings is 1. The van der Waals surface area contributed by atoms with E-state index < -0.39 is 6.10 Å². The lowest BCUT2D eigenvalue weighted by Gasteiger charge is -2.11. The third-order valence-electron chi connectivity index (χ3n) is 1.79. The first-order valence-corrected chi connectivity index (χ1v) is 4.54. The van der Waals surface area contributed by atoms with E-state index in [0.29, 0.717) is 17.9 Å². The Bertz CT molecular complexity index is 349. The van der Waals surface area contributed by atoms with Crippen LogP contribution in [0.2, 0.25) is 0 Å². The summed E-state index contributed by atoms with van der Waals surface area (Å²) in [6.45, 7) is 0.557. The summed E-state index contributed by atoms with van der Waals surface area (Å²) in [5.74, 6) is 0.482. The monoisotopic (exact) mass is 207 g/mol. The number of hydrogen-bond donors (Lipinski definition) is 2. The molecule has 5 heteroatoms.